The Kier molecular flexibility index (Phi) is 6.98. The molecule has 2 N–H and O–H groups in total. The van der Waals surface area contributed by atoms with Gasteiger partial charge in [0.25, 0.3) is 5.91 Å². The third-order valence-electron chi connectivity index (χ3n) is 3.36. The van der Waals surface area contributed by atoms with E-state index in [1.807, 2.05) is 6.92 Å². The second kappa shape index (κ2) is 9.44. The fourth-order valence-electron chi connectivity index (χ4n) is 2.27. The summed E-state index contributed by atoms with van der Waals surface area (Å²) < 4.78 is 10.8. The molecule has 0 fully saturated rings. The molecule has 2 aromatic carbocycles. The van der Waals surface area contributed by atoms with Gasteiger partial charge in [-0.25, -0.2) is 0 Å². The molecule has 0 bridgehead atoms. The number of carboxylic acid groups (broad SMARTS) is 1. The number of amides is 1. The molecule has 0 aliphatic carbocycles. The Morgan fingerprint density at radius 2 is 1.88 bits per heavy atom. The van der Waals surface area contributed by atoms with E-state index < -0.39 is 5.97 Å². The van der Waals surface area contributed by atoms with E-state index in [9.17, 15) is 9.59 Å². The number of anilines is 1. The highest BCUT2D eigenvalue weighted by atomic mass is 16.5. The summed E-state index contributed by atoms with van der Waals surface area (Å²) in [6.07, 6.45) is -0.0964. The lowest BCUT2D eigenvalue weighted by Gasteiger charge is -2.12. The second-order valence-corrected chi connectivity index (χ2v) is 5.27. The number of carbonyl (C=O) groups is 2. The van der Waals surface area contributed by atoms with Crippen LogP contribution in [0.3, 0.4) is 0 Å². The summed E-state index contributed by atoms with van der Waals surface area (Å²) in [6.45, 7) is 3.31. The summed E-state index contributed by atoms with van der Waals surface area (Å²) in [4.78, 5) is 23.3. The molecule has 0 heterocycles. The molecule has 0 radical (unpaired) electrons. The molecular weight excluding hydrogens is 322 g/mol. The number of hydrogen-bond donors (Lipinski definition) is 2. The van der Waals surface area contributed by atoms with Crippen molar-refractivity contribution in [3.8, 4) is 5.75 Å². The molecule has 0 aromatic heterocycles. The Hall–Kier alpha value is -2.86. The van der Waals surface area contributed by atoms with E-state index in [2.05, 4.69) is 5.32 Å². The van der Waals surface area contributed by atoms with Crippen LogP contribution in [0.2, 0.25) is 0 Å². The summed E-state index contributed by atoms with van der Waals surface area (Å²) in [7, 11) is 0. The first-order valence-electron chi connectivity index (χ1n) is 8.01. The maximum absolute atomic E-state index is 12.5. The van der Waals surface area contributed by atoms with Gasteiger partial charge in [0.2, 0.25) is 0 Å². The van der Waals surface area contributed by atoms with Crippen molar-refractivity contribution in [2.24, 2.45) is 0 Å². The van der Waals surface area contributed by atoms with Gasteiger partial charge in [0.15, 0.2) is 0 Å². The predicted molar refractivity (Wildman–Crippen MR) is 94.2 cm³/mol. The van der Waals surface area contributed by atoms with Gasteiger partial charge in [-0.3, -0.25) is 9.59 Å². The smallest absolute Gasteiger partial charge is 0.307 e. The van der Waals surface area contributed by atoms with Crippen LogP contribution in [0.15, 0.2) is 48.5 Å². The Morgan fingerprint density at radius 1 is 1.08 bits per heavy atom. The summed E-state index contributed by atoms with van der Waals surface area (Å²) >= 11 is 0. The van der Waals surface area contributed by atoms with Gasteiger partial charge in [0.05, 0.1) is 18.6 Å². The molecular formula is C19H21NO5. The highest BCUT2D eigenvalue weighted by Gasteiger charge is 2.13. The lowest BCUT2D eigenvalue weighted by atomic mass is 10.1. The van der Waals surface area contributed by atoms with E-state index >= 15 is 0 Å². The third-order valence-corrected chi connectivity index (χ3v) is 3.36. The summed E-state index contributed by atoms with van der Waals surface area (Å²) in [5.74, 6) is -0.766. The van der Waals surface area contributed by atoms with Crippen molar-refractivity contribution in [2.75, 3.05) is 25.1 Å². The molecule has 6 nitrogen and oxygen atoms in total. The molecule has 132 valence electrons. The molecule has 25 heavy (non-hydrogen) atoms. The van der Waals surface area contributed by atoms with Crippen molar-refractivity contribution in [3.63, 3.8) is 0 Å². The van der Waals surface area contributed by atoms with Gasteiger partial charge >= 0.3 is 5.97 Å². The van der Waals surface area contributed by atoms with Crippen molar-refractivity contribution in [2.45, 2.75) is 13.3 Å². The van der Waals surface area contributed by atoms with E-state index in [1.165, 1.54) is 0 Å². The minimum atomic E-state index is -0.920. The first-order valence-corrected chi connectivity index (χ1v) is 8.01. The molecule has 0 saturated heterocycles. The number of nitrogens with one attached hydrogen (secondary N) is 1. The van der Waals surface area contributed by atoms with Crippen LogP contribution < -0.4 is 10.1 Å². The Morgan fingerprint density at radius 3 is 2.64 bits per heavy atom. The van der Waals surface area contributed by atoms with Crippen molar-refractivity contribution >= 4 is 17.6 Å². The van der Waals surface area contributed by atoms with Gasteiger partial charge in [-0.2, -0.15) is 0 Å². The Balaban J connectivity index is 2.06. The van der Waals surface area contributed by atoms with Crippen molar-refractivity contribution in [1.29, 1.82) is 0 Å². The van der Waals surface area contributed by atoms with E-state index in [1.54, 1.807) is 48.5 Å². The number of ether oxygens (including phenoxy) is 2. The van der Waals surface area contributed by atoms with Crippen LogP contribution in [0.25, 0.3) is 0 Å². The van der Waals surface area contributed by atoms with Gasteiger partial charge in [0, 0.05) is 12.3 Å². The largest absolute Gasteiger partial charge is 0.490 e. The molecule has 0 atom stereocenters. The maximum Gasteiger partial charge on any atom is 0.307 e. The Labute approximate surface area is 146 Å². The van der Waals surface area contributed by atoms with Crippen LogP contribution in [0.4, 0.5) is 5.69 Å². The zero-order valence-electron chi connectivity index (χ0n) is 14.0. The van der Waals surface area contributed by atoms with Gasteiger partial charge in [-0.15, -0.1) is 0 Å². The summed E-state index contributed by atoms with van der Waals surface area (Å²) in [5.41, 5.74) is 1.56. The first-order chi connectivity index (χ1) is 12.1. The standard InChI is InChI=1S/C19H21NO5/c1-2-24-10-11-25-17-9-4-3-8-16(17)19(23)20-15-7-5-6-14(12-15)13-18(21)22/h3-9,12H,2,10-11,13H2,1H3,(H,20,23)(H,21,22). The number of carbonyl (C=O) groups excluding carboxylic acids is 1. The number of para-hydroxylation sites is 1. The minimum absolute atomic E-state index is 0.0964. The van der Waals surface area contributed by atoms with E-state index in [4.69, 9.17) is 14.6 Å². The van der Waals surface area contributed by atoms with Crippen LogP contribution >= 0.6 is 0 Å². The molecule has 1 amide bonds. The maximum atomic E-state index is 12.5. The number of hydrogen-bond acceptors (Lipinski definition) is 4. The third kappa shape index (κ3) is 5.93. The van der Waals surface area contributed by atoms with Crippen molar-refractivity contribution < 1.29 is 24.2 Å². The van der Waals surface area contributed by atoms with Crippen LogP contribution in [-0.2, 0) is 16.0 Å². The molecule has 0 unspecified atom stereocenters. The SMILES string of the molecule is CCOCCOc1ccccc1C(=O)Nc1cccc(CC(=O)O)c1. The monoisotopic (exact) mass is 343 g/mol. The van der Waals surface area contributed by atoms with Gasteiger partial charge in [0.1, 0.15) is 12.4 Å². The van der Waals surface area contributed by atoms with Crippen LogP contribution in [0, 0.1) is 0 Å². The quantitative estimate of drug-likeness (QED) is 0.684. The highest BCUT2D eigenvalue weighted by molar-refractivity contribution is 6.06. The van der Waals surface area contributed by atoms with Crippen LogP contribution in [0.1, 0.15) is 22.8 Å². The molecule has 2 aromatic rings. The number of benzene rings is 2. The number of rotatable bonds is 9. The zero-order chi connectivity index (χ0) is 18.1. The number of aliphatic carboxylic acids is 1. The Bertz CT molecular complexity index is 729. The second-order valence-electron chi connectivity index (χ2n) is 5.27. The average molecular weight is 343 g/mol. The van der Waals surface area contributed by atoms with E-state index in [-0.39, 0.29) is 12.3 Å². The molecule has 6 heteroatoms. The van der Waals surface area contributed by atoms with Gasteiger partial charge < -0.3 is 19.9 Å². The summed E-state index contributed by atoms with van der Waals surface area (Å²) in [6, 6.07) is 13.7. The minimum Gasteiger partial charge on any atom is -0.490 e. The van der Waals surface area contributed by atoms with Crippen molar-refractivity contribution in [3.05, 3.63) is 59.7 Å². The van der Waals surface area contributed by atoms with Gasteiger partial charge in [-0.1, -0.05) is 24.3 Å². The van der Waals surface area contributed by atoms with E-state index in [0.717, 1.165) is 0 Å². The first kappa shape index (κ1) is 18.5. The topological polar surface area (TPSA) is 84.9 Å². The predicted octanol–water partition coefficient (Wildman–Crippen LogP) is 2.98. The van der Waals surface area contributed by atoms with Crippen LogP contribution in [-0.4, -0.2) is 36.8 Å². The highest BCUT2D eigenvalue weighted by Crippen LogP contribution is 2.20. The fourth-order valence-corrected chi connectivity index (χ4v) is 2.27. The molecule has 0 aliphatic heterocycles. The molecule has 0 spiro atoms. The zero-order valence-corrected chi connectivity index (χ0v) is 14.0. The van der Waals surface area contributed by atoms with Gasteiger partial charge in [-0.05, 0) is 36.8 Å². The molecule has 0 saturated carbocycles. The molecule has 0 aliphatic rings. The number of carboxylic acids is 1. The average Bonchev–Trinajstić information content (AvgIpc) is 2.59. The lowest BCUT2D eigenvalue weighted by molar-refractivity contribution is -0.136. The fraction of sp³-hybridized carbons (Fsp3) is 0.263. The molecule has 2 rings (SSSR count). The van der Waals surface area contributed by atoms with Crippen molar-refractivity contribution in [1.82, 2.24) is 0 Å². The lowest BCUT2D eigenvalue weighted by Crippen LogP contribution is -2.15. The summed E-state index contributed by atoms with van der Waals surface area (Å²) in [5, 5.41) is 11.6. The van der Waals surface area contributed by atoms with Crippen LogP contribution in [0.5, 0.6) is 5.75 Å². The van der Waals surface area contributed by atoms with E-state index in [0.29, 0.717) is 42.4 Å². The normalized spacial score (nSPS) is 10.3.